The molecule has 3 nitrogen and oxygen atoms in total. The van der Waals surface area contributed by atoms with Crippen LogP contribution in [0.4, 0.5) is 0 Å². The van der Waals surface area contributed by atoms with Gasteiger partial charge in [-0.25, -0.2) is 13.1 Å². The van der Waals surface area contributed by atoms with Crippen LogP contribution in [0.15, 0.2) is 23.1 Å². The van der Waals surface area contributed by atoms with Crippen LogP contribution in [0.3, 0.4) is 0 Å². The van der Waals surface area contributed by atoms with Gasteiger partial charge in [0.15, 0.2) is 0 Å². The van der Waals surface area contributed by atoms with E-state index in [1.165, 1.54) is 6.07 Å². The average molecular weight is 296 g/mol. The van der Waals surface area contributed by atoms with Crippen LogP contribution in [0.2, 0.25) is 10.0 Å². The molecule has 0 amide bonds. The van der Waals surface area contributed by atoms with E-state index < -0.39 is 10.0 Å². The third-order valence-corrected chi connectivity index (χ3v) is 5.01. The first kappa shape index (κ1) is 14.8. The van der Waals surface area contributed by atoms with Gasteiger partial charge in [0.05, 0.1) is 10.0 Å². The Morgan fingerprint density at radius 2 is 1.82 bits per heavy atom. The summed E-state index contributed by atoms with van der Waals surface area (Å²) >= 11 is 11.7. The number of sulfonamides is 1. The first-order chi connectivity index (χ1) is 7.92. The van der Waals surface area contributed by atoms with Crippen molar-refractivity contribution in [2.75, 3.05) is 0 Å². The van der Waals surface area contributed by atoms with Crippen molar-refractivity contribution in [1.82, 2.24) is 4.72 Å². The molecule has 17 heavy (non-hydrogen) atoms. The molecule has 0 aliphatic heterocycles. The minimum atomic E-state index is -3.60. The fourth-order valence-electron chi connectivity index (χ4n) is 1.43. The molecule has 0 aliphatic carbocycles. The number of nitrogens with one attached hydrogen (secondary N) is 1. The van der Waals surface area contributed by atoms with Crippen LogP contribution >= 0.6 is 23.2 Å². The largest absolute Gasteiger partial charge is 0.242 e. The third-order valence-electron chi connectivity index (χ3n) is 2.51. The normalized spacial score (nSPS) is 12.1. The van der Waals surface area contributed by atoms with Gasteiger partial charge in [0.2, 0.25) is 10.0 Å². The fraction of sp³-hybridized carbons (Fsp3) is 0.455. The van der Waals surface area contributed by atoms with E-state index in [9.17, 15) is 8.42 Å². The second-order valence-electron chi connectivity index (χ2n) is 3.69. The van der Waals surface area contributed by atoms with E-state index in [1.54, 1.807) is 12.1 Å². The lowest BCUT2D eigenvalue weighted by Gasteiger charge is -2.15. The SMILES string of the molecule is CCC(CC)NS(=O)(=O)c1cccc(Cl)c1Cl. The molecule has 1 aromatic carbocycles. The Bertz CT molecular complexity index is 484. The molecule has 0 spiro atoms. The molecule has 0 saturated carbocycles. The lowest BCUT2D eigenvalue weighted by atomic mass is 10.2. The molecule has 6 heteroatoms. The van der Waals surface area contributed by atoms with Gasteiger partial charge in [-0.3, -0.25) is 0 Å². The van der Waals surface area contributed by atoms with Crippen molar-refractivity contribution in [2.45, 2.75) is 37.6 Å². The van der Waals surface area contributed by atoms with Gasteiger partial charge in [0.25, 0.3) is 0 Å². The van der Waals surface area contributed by atoms with Crippen LogP contribution in [0.25, 0.3) is 0 Å². The lowest BCUT2D eigenvalue weighted by Crippen LogP contribution is -2.34. The average Bonchev–Trinajstić information content (AvgIpc) is 2.29. The topological polar surface area (TPSA) is 46.2 Å². The Labute approximate surface area is 112 Å². The monoisotopic (exact) mass is 295 g/mol. The zero-order chi connectivity index (χ0) is 13.1. The van der Waals surface area contributed by atoms with Gasteiger partial charge in [-0.15, -0.1) is 0 Å². The first-order valence-electron chi connectivity index (χ1n) is 5.38. The highest BCUT2D eigenvalue weighted by atomic mass is 35.5. The zero-order valence-electron chi connectivity index (χ0n) is 9.70. The molecule has 1 aromatic rings. The molecule has 0 aliphatic rings. The molecular weight excluding hydrogens is 281 g/mol. The maximum Gasteiger partial charge on any atom is 0.242 e. The molecule has 0 radical (unpaired) electrons. The number of rotatable bonds is 5. The van der Waals surface area contributed by atoms with Crippen molar-refractivity contribution in [3.05, 3.63) is 28.2 Å². The van der Waals surface area contributed by atoms with Crippen LogP contribution < -0.4 is 4.72 Å². The first-order valence-corrected chi connectivity index (χ1v) is 7.62. The minimum Gasteiger partial charge on any atom is -0.208 e. The second-order valence-corrected chi connectivity index (χ2v) is 6.15. The highest BCUT2D eigenvalue weighted by Gasteiger charge is 2.21. The van der Waals surface area contributed by atoms with Crippen molar-refractivity contribution in [3.63, 3.8) is 0 Å². The molecule has 0 heterocycles. The molecule has 0 unspecified atom stereocenters. The standard InChI is InChI=1S/C11H15Cl2NO2S/c1-3-8(4-2)14-17(15,16)10-7-5-6-9(12)11(10)13/h5-8,14H,3-4H2,1-2H3. The summed E-state index contributed by atoms with van der Waals surface area (Å²) in [6.45, 7) is 3.85. The molecule has 96 valence electrons. The highest BCUT2D eigenvalue weighted by Crippen LogP contribution is 2.29. The molecule has 0 atom stereocenters. The summed E-state index contributed by atoms with van der Waals surface area (Å²) in [7, 11) is -3.60. The Hall–Kier alpha value is -0.290. The van der Waals surface area contributed by atoms with Gasteiger partial charge in [-0.05, 0) is 25.0 Å². The van der Waals surface area contributed by atoms with Crippen molar-refractivity contribution in [1.29, 1.82) is 0 Å². The number of hydrogen-bond acceptors (Lipinski definition) is 2. The van der Waals surface area contributed by atoms with Crippen LogP contribution in [0.5, 0.6) is 0 Å². The lowest BCUT2D eigenvalue weighted by molar-refractivity contribution is 0.530. The molecule has 1 N–H and O–H groups in total. The van der Waals surface area contributed by atoms with E-state index in [1.807, 2.05) is 13.8 Å². The molecule has 0 bridgehead atoms. The van der Waals surface area contributed by atoms with Crippen molar-refractivity contribution < 1.29 is 8.42 Å². The van der Waals surface area contributed by atoms with E-state index in [4.69, 9.17) is 23.2 Å². The molecule has 0 fully saturated rings. The molecular formula is C11H15Cl2NO2S. The smallest absolute Gasteiger partial charge is 0.208 e. The summed E-state index contributed by atoms with van der Waals surface area (Å²) in [6.07, 6.45) is 1.46. The maximum atomic E-state index is 12.1. The van der Waals surface area contributed by atoms with Gasteiger partial charge >= 0.3 is 0 Å². The Kier molecular flexibility index (Phi) is 5.25. The Morgan fingerprint density at radius 1 is 1.24 bits per heavy atom. The van der Waals surface area contributed by atoms with Crippen LogP contribution in [0, 0.1) is 0 Å². The van der Waals surface area contributed by atoms with Crippen molar-refractivity contribution >= 4 is 33.2 Å². The van der Waals surface area contributed by atoms with Gasteiger partial charge in [-0.1, -0.05) is 43.1 Å². The van der Waals surface area contributed by atoms with Crippen molar-refractivity contribution in [3.8, 4) is 0 Å². The van der Waals surface area contributed by atoms with Crippen LogP contribution in [0.1, 0.15) is 26.7 Å². The van der Waals surface area contributed by atoms with E-state index in [2.05, 4.69) is 4.72 Å². The second kappa shape index (κ2) is 6.05. The predicted molar refractivity (Wildman–Crippen MR) is 71.2 cm³/mol. The van der Waals surface area contributed by atoms with E-state index >= 15 is 0 Å². The number of hydrogen-bond donors (Lipinski definition) is 1. The summed E-state index contributed by atoms with van der Waals surface area (Å²) in [5.74, 6) is 0. The molecule has 1 rings (SSSR count). The molecule has 0 aromatic heterocycles. The summed E-state index contributed by atoms with van der Waals surface area (Å²) in [6, 6.07) is 4.48. The maximum absolute atomic E-state index is 12.1. The number of benzene rings is 1. The van der Waals surface area contributed by atoms with Gasteiger partial charge in [0, 0.05) is 6.04 Å². The van der Waals surface area contributed by atoms with Gasteiger partial charge in [-0.2, -0.15) is 0 Å². The summed E-state index contributed by atoms with van der Waals surface area (Å²) in [5.41, 5.74) is 0. The minimum absolute atomic E-state index is 0.0265. The van der Waals surface area contributed by atoms with E-state index in [0.717, 1.165) is 12.8 Å². The summed E-state index contributed by atoms with van der Waals surface area (Å²) in [4.78, 5) is 0.0265. The van der Waals surface area contributed by atoms with Crippen molar-refractivity contribution in [2.24, 2.45) is 0 Å². The summed E-state index contributed by atoms with van der Waals surface area (Å²) < 4.78 is 26.8. The van der Waals surface area contributed by atoms with Gasteiger partial charge in [0.1, 0.15) is 4.90 Å². The van der Waals surface area contributed by atoms with Crippen LogP contribution in [-0.2, 0) is 10.0 Å². The third kappa shape index (κ3) is 3.58. The molecule has 0 saturated heterocycles. The summed E-state index contributed by atoms with van der Waals surface area (Å²) in [5, 5.41) is 0.298. The highest BCUT2D eigenvalue weighted by molar-refractivity contribution is 7.89. The van der Waals surface area contributed by atoms with Gasteiger partial charge < -0.3 is 0 Å². The van der Waals surface area contributed by atoms with E-state index in [0.29, 0.717) is 0 Å². The fourth-order valence-corrected chi connectivity index (χ4v) is 3.59. The Balaban J connectivity index is 3.09. The predicted octanol–water partition coefficient (Wildman–Crippen LogP) is 3.46. The Morgan fingerprint density at radius 3 is 2.35 bits per heavy atom. The van der Waals surface area contributed by atoms with E-state index in [-0.39, 0.29) is 21.0 Å². The van der Waals surface area contributed by atoms with Crippen LogP contribution in [-0.4, -0.2) is 14.5 Å². The zero-order valence-corrected chi connectivity index (χ0v) is 12.0. The quantitative estimate of drug-likeness (QED) is 0.904. The number of halogens is 2.